The van der Waals surface area contributed by atoms with Crippen molar-refractivity contribution < 1.29 is 8.78 Å². The molecule has 96 valence electrons. The van der Waals surface area contributed by atoms with Gasteiger partial charge >= 0.3 is 0 Å². The van der Waals surface area contributed by atoms with Crippen molar-refractivity contribution in [2.45, 2.75) is 72.1 Å². The van der Waals surface area contributed by atoms with E-state index in [1.54, 1.807) is 0 Å². The molecule has 0 aliphatic heterocycles. The van der Waals surface area contributed by atoms with Crippen LogP contribution in [0.1, 0.15) is 72.1 Å². The van der Waals surface area contributed by atoms with Crippen LogP contribution in [0.3, 0.4) is 0 Å². The van der Waals surface area contributed by atoms with E-state index in [1.807, 2.05) is 0 Å². The third kappa shape index (κ3) is 6.97. The Balaban J connectivity index is 4.11. The Bertz CT molecular complexity index is 183. The van der Waals surface area contributed by atoms with Gasteiger partial charge in [0.2, 0.25) is 0 Å². The normalized spacial score (nSPS) is 13.1. The summed E-state index contributed by atoms with van der Waals surface area (Å²) in [6, 6.07) is 0. The standard InChI is InChI=1S/C14H26F2/c1-4-6-8-10-13(11-9-7-5-2)14(16)12(3)15/h13H,4-11H2,1-3H3/b14-12+. The van der Waals surface area contributed by atoms with Crippen LogP contribution < -0.4 is 0 Å². The van der Waals surface area contributed by atoms with Gasteiger partial charge in [-0.05, 0) is 19.8 Å². The van der Waals surface area contributed by atoms with Crippen molar-refractivity contribution >= 4 is 0 Å². The maximum Gasteiger partial charge on any atom is 0.134 e. The van der Waals surface area contributed by atoms with Crippen molar-refractivity contribution in [3.63, 3.8) is 0 Å². The van der Waals surface area contributed by atoms with Crippen molar-refractivity contribution in [2.24, 2.45) is 5.92 Å². The molecule has 0 amide bonds. The number of halogens is 2. The Kier molecular flexibility index (Phi) is 9.55. The molecule has 0 rings (SSSR count). The molecule has 0 spiro atoms. The average molecular weight is 232 g/mol. The van der Waals surface area contributed by atoms with Crippen LogP contribution in [0.5, 0.6) is 0 Å². The third-order valence-corrected chi connectivity index (χ3v) is 3.00. The molecule has 0 aliphatic carbocycles. The molecule has 0 aromatic carbocycles. The van der Waals surface area contributed by atoms with E-state index in [4.69, 9.17) is 0 Å². The van der Waals surface area contributed by atoms with Crippen LogP contribution in [0.15, 0.2) is 11.7 Å². The van der Waals surface area contributed by atoms with E-state index < -0.39 is 11.7 Å². The van der Waals surface area contributed by atoms with E-state index in [1.165, 1.54) is 6.92 Å². The van der Waals surface area contributed by atoms with Gasteiger partial charge in [-0.15, -0.1) is 0 Å². The van der Waals surface area contributed by atoms with Gasteiger partial charge in [0.1, 0.15) is 11.7 Å². The topological polar surface area (TPSA) is 0 Å². The van der Waals surface area contributed by atoms with E-state index in [9.17, 15) is 8.78 Å². The molecule has 0 bridgehead atoms. The lowest BCUT2D eigenvalue weighted by Gasteiger charge is -2.15. The van der Waals surface area contributed by atoms with E-state index in [-0.39, 0.29) is 5.92 Å². The molecule has 0 N–H and O–H groups in total. The van der Waals surface area contributed by atoms with Crippen LogP contribution >= 0.6 is 0 Å². The average Bonchev–Trinajstić information content (AvgIpc) is 2.26. The molecule has 0 saturated heterocycles. The first-order valence-corrected chi connectivity index (χ1v) is 6.65. The van der Waals surface area contributed by atoms with Gasteiger partial charge in [-0.25, -0.2) is 8.78 Å². The number of hydrogen-bond acceptors (Lipinski definition) is 0. The van der Waals surface area contributed by atoms with Crippen LogP contribution in [-0.4, -0.2) is 0 Å². The number of unbranched alkanes of at least 4 members (excludes halogenated alkanes) is 4. The zero-order chi connectivity index (χ0) is 12.4. The predicted octanol–water partition coefficient (Wildman–Crippen LogP) is 5.93. The molecule has 0 aliphatic rings. The minimum atomic E-state index is -0.627. The van der Waals surface area contributed by atoms with E-state index >= 15 is 0 Å². The summed E-state index contributed by atoms with van der Waals surface area (Å²) in [5.41, 5.74) is 0. The molecule has 0 atom stereocenters. The van der Waals surface area contributed by atoms with Gasteiger partial charge in [-0.3, -0.25) is 0 Å². The lowest BCUT2D eigenvalue weighted by molar-refractivity contribution is 0.367. The van der Waals surface area contributed by atoms with E-state index in [2.05, 4.69) is 13.8 Å². The van der Waals surface area contributed by atoms with Gasteiger partial charge in [0.25, 0.3) is 0 Å². The molecule has 0 fully saturated rings. The molecule has 16 heavy (non-hydrogen) atoms. The summed E-state index contributed by atoms with van der Waals surface area (Å²) in [6.45, 7) is 5.47. The van der Waals surface area contributed by atoms with Gasteiger partial charge in [0.05, 0.1) is 0 Å². The van der Waals surface area contributed by atoms with Crippen molar-refractivity contribution in [3.8, 4) is 0 Å². The highest BCUT2D eigenvalue weighted by atomic mass is 19.2. The Labute approximate surface area is 99.1 Å². The maximum absolute atomic E-state index is 13.5. The summed E-state index contributed by atoms with van der Waals surface area (Å²) in [5, 5.41) is 0. The van der Waals surface area contributed by atoms with Crippen LogP contribution in [0.2, 0.25) is 0 Å². The summed E-state index contributed by atoms with van der Waals surface area (Å²) in [7, 11) is 0. The fourth-order valence-electron chi connectivity index (χ4n) is 1.96. The largest absolute Gasteiger partial charge is 0.209 e. The van der Waals surface area contributed by atoms with Crippen molar-refractivity contribution in [2.75, 3.05) is 0 Å². The quantitative estimate of drug-likeness (QED) is 0.432. The van der Waals surface area contributed by atoms with Gasteiger partial charge < -0.3 is 0 Å². The molecule has 0 aromatic heterocycles. The molecule has 0 unspecified atom stereocenters. The Morgan fingerprint density at radius 3 is 1.62 bits per heavy atom. The van der Waals surface area contributed by atoms with Crippen LogP contribution in [0.4, 0.5) is 8.78 Å². The summed E-state index contributed by atoms with van der Waals surface area (Å²) in [4.78, 5) is 0. The van der Waals surface area contributed by atoms with Crippen LogP contribution in [0, 0.1) is 5.92 Å². The van der Waals surface area contributed by atoms with E-state index in [0.29, 0.717) is 0 Å². The zero-order valence-electron chi connectivity index (χ0n) is 11.0. The van der Waals surface area contributed by atoms with Gasteiger partial charge in [-0.1, -0.05) is 52.4 Å². The lowest BCUT2D eigenvalue weighted by atomic mass is 9.93. The second-order valence-corrected chi connectivity index (χ2v) is 4.57. The van der Waals surface area contributed by atoms with Crippen LogP contribution in [0.25, 0.3) is 0 Å². The number of allylic oxidation sites excluding steroid dienone is 2. The Morgan fingerprint density at radius 2 is 1.31 bits per heavy atom. The first-order chi connectivity index (χ1) is 7.63. The molecule has 2 heteroatoms. The maximum atomic E-state index is 13.5. The molecule has 0 heterocycles. The second-order valence-electron chi connectivity index (χ2n) is 4.57. The molecule has 0 saturated carbocycles. The smallest absolute Gasteiger partial charge is 0.134 e. The van der Waals surface area contributed by atoms with E-state index in [0.717, 1.165) is 51.4 Å². The van der Waals surface area contributed by atoms with Gasteiger partial charge in [-0.2, -0.15) is 0 Å². The fraction of sp³-hybridized carbons (Fsp3) is 0.857. The van der Waals surface area contributed by atoms with Crippen molar-refractivity contribution in [1.29, 1.82) is 0 Å². The summed E-state index contributed by atoms with van der Waals surface area (Å²) in [6.07, 6.45) is 8.09. The highest BCUT2D eigenvalue weighted by Crippen LogP contribution is 2.28. The molecule has 0 nitrogen and oxygen atoms in total. The predicted molar refractivity (Wildman–Crippen MR) is 66.7 cm³/mol. The van der Waals surface area contributed by atoms with Gasteiger partial charge in [0.15, 0.2) is 0 Å². The number of rotatable bonds is 9. The minimum Gasteiger partial charge on any atom is -0.209 e. The summed E-state index contributed by atoms with van der Waals surface area (Å²) < 4.78 is 26.4. The minimum absolute atomic E-state index is 0.178. The summed E-state index contributed by atoms with van der Waals surface area (Å²) in [5.74, 6) is -1.31. The highest BCUT2D eigenvalue weighted by Gasteiger charge is 2.16. The van der Waals surface area contributed by atoms with Crippen molar-refractivity contribution in [1.82, 2.24) is 0 Å². The monoisotopic (exact) mass is 232 g/mol. The second kappa shape index (κ2) is 9.80. The Hall–Kier alpha value is -0.400. The fourth-order valence-corrected chi connectivity index (χ4v) is 1.96. The van der Waals surface area contributed by atoms with Gasteiger partial charge in [0, 0.05) is 5.92 Å². The molecular weight excluding hydrogens is 206 g/mol. The SMILES string of the molecule is CCCCCC(CCCCC)/C(F)=C(/C)F. The zero-order valence-corrected chi connectivity index (χ0v) is 11.0. The highest BCUT2D eigenvalue weighted by molar-refractivity contribution is 5.01. The molecule has 0 aromatic rings. The first kappa shape index (κ1) is 15.6. The summed E-state index contributed by atoms with van der Waals surface area (Å²) >= 11 is 0. The Morgan fingerprint density at radius 1 is 0.875 bits per heavy atom. The molecular formula is C14H26F2. The molecule has 0 radical (unpaired) electrons. The van der Waals surface area contributed by atoms with Crippen LogP contribution in [-0.2, 0) is 0 Å². The number of hydrogen-bond donors (Lipinski definition) is 0. The lowest BCUT2D eigenvalue weighted by Crippen LogP contribution is -2.03. The first-order valence-electron chi connectivity index (χ1n) is 6.65. The third-order valence-electron chi connectivity index (χ3n) is 3.00. The van der Waals surface area contributed by atoms with Crippen molar-refractivity contribution in [3.05, 3.63) is 11.7 Å².